The third kappa shape index (κ3) is 2.54. The van der Waals surface area contributed by atoms with Gasteiger partial charge in [0.1, 0.15) is 17.5 Å². The third-order valence-corrected chi connectivity index (χ3v) is 4.04. The van der Waals surface area contributed by atoms with Crippen LogP contribution in [0.3, 0.4) is 0 Å². The molecule has 1 aromatic carbocycles. The molecule has 0 atom stereocenters. The van der Waals surface area contributed by atoms with Crippen LogP contribution in [0.25, 0.3) is 11.4 Å². The van der Waals surface area contributed by atoms with Gasteiger partial charge in [0.15, 0.2) is 5.82 Å². The summed E-state index contributed by atoms with van der Waals surface area (Å²) in [7, 11) is 0. The molecule has 0 aliphatic heterocycles. The summed E-state index contributed by atoms with van der Waals surface area (Å²) >= 11 is 5.54. The summed E-state index contributed by atoms with van der Waals surface area (Å²) in [5.74, 6) is -0.0176. The highest BCUT2D eigenvalue weighted by molar-refractivity contribution is 6.30. The third-order valence-electron chi connectivity index (χ3n) is 3.75. The van der Waals surface area contributed by atoms with E-state index in [1.165, 1.54) is 19.3 Å². The molecule has 106 valence electrons. The number of H-pyrrole nitrogens is 1. The monoisotopic (exact) mass is 297 g/mol. The highest BCUT2D eigenvalue weighted by atomic mass is 35.5. The summed E-state index contributed by atoms with van der Waals surface area (Å²) in [6, 6.07) is 1.98. The second-order valence-electron chi connectivity index (χ2n) is 5.13. The van der Waals surface area contributed by atoms with Crippen molar-refractivity contribution in [3.63, 3.8) is 0 Å². The molecule has 0 spiro atoms. The second kappa shape index (κ2) is 5.48. The summed E-state index contributed by atoms with van der Waals surface area (Å²) in [6.07, 6.45) is 5.71. The van der Waals surface area contributed by atoms with E-state index in [-0.39, 0.29) is 16.4 Å². The predicted molar refractivity (Wildman–Crippen MR) is 72.6 cm³/mol. The molecule has 1 saturated carbocycles. The highest BCUT2D eigenvalue weighted by Gasteiger charge is 2.21. The molecule has 1 fully saturated rings. The van der Waals surface area contributed by atoms with Gasteiger partial charge in [0.25, 0.3) is 0 Å². The largest absolute Gasteiger partial charge is 0.262 e. The quantitative estimate of drug-likeness (QED) is 0.832. The minimum atomic E-state index is -0.674. The molecule has 2 aromatic rings. The molecule has 6 heteroatoms. The van der Waals surface area contributed by atoms with Crippen LogP contribution >= 0.6 is 11.6 Å². The lowest BCUT2D eigenvalue weighted by Crippen LogP contribution is -2.06. The maximum atomic E-state index is 13.8. The van der Waals surface area contributed by atoms with Gasteiger partial charge in [-0.1, -0.05) is 30.9 Å². The number of benzene rings is 1. The van der Waals surface area contributed by atoms with Gasteiger partial charge in [0, 0.05) is 5.92 Å². The second-order valence-corrected chi connectivity index (χ2v) is 5.53. The Bertz CT molecular complexity index is 621. The Morgan fingerprint density at radius 2 is 1.85 bits per heavy atom. The number of hydrogen-bond acceptors (Lipinski definition) is 2. The molecule has 0 saturated heterocycles. The van der Waals surface area contributed by atoms with E-state index in [0.29, 0.717) is 5.92 Å². The fourth-order valence-electron chi connectivity index (χ4n) is 2.65. The fraction of sp³-hybridized carbons (Fsp3) is 0.429. The van der Waals surface area contributed by atoms with E-state index >= 15 is 0 Å². The van der Waals surface area contributed by atoms with Crippen molar-refractivity contribution in [2.45, 2.75) is 38.0 Å². The molecule has 0 unspecified atom stereocenters. The van der Waals surface area contributed by atoms with E-state index in [0.717, 1.165) is 30.8 Å². The van der Waals surface area contributed by atoms with Gasteiger partial charge in [0.05, 0.1) is 10.6 Å². The van der Waals surface area contributed by atoms with Crippen molar-refractivity contribution in [2.24, 2.45) is 0 Å². The Balaban J connectivity index is 1.91. The lowest BCUT2D eigenvalue weighted by Gasteiger charge is -2.18. The zero-order valence-corrected chi connectivity index (χ0v) is 11.6. The van der Waals surface area contributed by atoms with E-state index in [1.54, 1.807) is 0 Å². The molecule has 0 bridgehead atoms. The number of hydrogen-bond donors (Lipinski definition) is 1. The topological polar surface area (TPSA) is 41.6 Å². The van der Waals surface area contributed by atoms with Crippen LogP contribution in [0.1, 0.15) is 43.8 Å². The zero-order valence-electron chi connectivity index (χ0n) is 10.8. The van der Waals surface area contributed by atoms with E-state index in [4.69, 9.17) is 11.6 Å². The normalized spacial score (nSPS) is 16.6. The van der Waals surface area contributed by atoms with Crippen molar-refractivity contribution in [3.8, 4) is 11.4 Å². The SMILES string of the molecule is Fc1cc(-c2n[nH]c(C3CCCCC3)n2)c(F)cc1Cl. The van der Waals surface area contributed by atoms with Gasteiger partial charge in [0.2, 0.25) is 0 Å². The molecule has 1 aliphatic carbocycles. The first kappa shape index (κ1) is 13.5. The summed E-state index contributed by atoms with van der Waals surface area (Å²) < 4.78 is 27.3. The first-order valence-corrected chi connectivity index (χ1v) is 7.10. The number of rotatable bonds is 2. The lowest BCUT2D eigenvalue weighted by atomic mass is 9.89. The Hall–Kier alpha value is -1.49. The van der Waals surface area contributed by atoms with E-state index < -0.39 is 11.6 Å². The molecule has 3 rings (SSSR count). The van der Waals surface area contributed by atoms with Crippen molar-refractivity contribution >= 4 is 11.6 Å². The predicted octanol–water partition coefficient (Wildman–Crippen LogP) is 4.45. The summed E-state index contributed by atoms with van der Waals surface area (Å²) in [6.45, 7) is 0. The van der Waals surface area contributed by atoms with Gasteiger partial charge in [-0.05, 0) is 25.0 Å². The zero-order chi connectivity index (χ0) is 14.1. The molecule has 20 heavy (non-hydrogen) atoms. The summed E-state index contributed by atoms with van der Waals surface area (Å²) in [4.78, 5) is 4.32. The maximum absolute atomic E-state index is 13.8. The fourth-order valence-corrected chi connectivity index (χ4v) is 2.80. The lowest BCUT2D eigenvalue weighted by molar-refractivity contribution is 0.429. The molecule has 1 aliphatic rings. The Morgan fingerprint density at radius 1 is 1.10 bits per heavy atom. The molecule has 1 heterocycles. The van der Waals surface area contributed by atoms with Crippen molar-refractivity contribution in [2.75, 3.05) is 0 Å². The minimum absolute atomic E-state index is 0.0326. The van der Waals surface area contributed by atoms with E-state index in [1.807, 2.05) is 0 Å². The van der Waals surface area contributed by atoms with Gasteiger partial charge in [-0.15, -0.1) is 0 Å². The average Bonchev–Trinajstić information content (AvgIpc) is 2.93. The highest BCUT2D eigenvalue weighted by Crippen LogP contribution is 2.32. The Morgan fingerprint density at radius 3 is 2.60 bits per heavy atom. The maximum Gasteiger partial charge on any atom is 0.184 e. The number of nitrogens with zero attached hydrogens (tertiary/aromatic N) is 2. The summed E-state index contributed by atoms with van der Waals surface area (Å²) in [5.41, 5.74) is 0.0326. The van der Waals surface area contributed by atoms with Crippen molar-refractivity contribution in [3.05, 3.63) is 34.6 Å². The number of halogens is 3. The van der Waals surface area contributed by atoms with Crippen LogP contribution in [-0.2, 0) is 0 Å². The van der Waals surface area contributed by atoms with E-state index in [2.05, 4.69) is 15.2 Å². The first-order valence-electron chi connectivity index (χ1n) is 6.72. The van der Waals surface area contributed by atoms with Gasteiger partial charge in [-0.25, -0.2) is 13.8 Å². The van der Waals surface area contributed by atoms with Crippen molar-refractivity contribution in [1.82, 2.24) is 15.2 Å². The number of aromatic amines is 1. The smallest absolute Gasteiger partial charge is 0.184 e. The van der Waals surface area contributed by atoms with Gasteiger partial charge in [-0.2, -0.15) is 5.10 Å². The molecule has 0 radical (unpaired) electrons. The van der Waals surface area contributed by atoms with Crippen LogP contribution < -0.4 is 0 Å². The van der Waals surface area contributed by atoms with Crippen LogP contribution in [0, 0.1) is 11.6 Å². The van der Waals surface area contributed by atoms with Crippen LogP contribution in [0.2, 0.25) is 5.02 Å². The van der Waals surface area contributed by atoms with Gasteiger partial charge >= 0.3 is 0 Å². The molecular weight excluding hydrogens is 284 g/mol. The summed E-state index contributed by atoms with van der Waals surface area (Å²) in [5, 5.41) is 6.62. The Labute approximate surface area is 120 Å². The number of nitrogens with one attached hydrogen (secondary N) is 1. The van der Waals surface area contributed by atoms with Crippen LogP contribution in [0.15, 0.2) is 12.1 Å². The van der Waals surface area contributed by atoms with Crippen LogP contribution in [0.4, 0.5) is 8.78 Å². The molecule has 3 nitrogen and oxygen atoms in total. The minimum Gasteiger partial charge on any atom is -0.262 e. The number of aromatic nitrogens is 3. The van der Waals surface area contributed by atoms with E-state index in [9.17, 15) is 8.78 Å². The Kier molecular flexibility index (Phi) is 3.70. The van der Waals surface area contributed by atoms with Crippen LogP contribution in [0.5, 0.6) is 0 Å². The van der Waals surface area contributed by atoms with Crippen molar-refractivity contribution < 1.29 is 8.78 Å². The van der Waals surface area contributed by atoms with Gasteiger partial charge < -0.3 is 0 Å². The molecular formula is C14H14ClF2N3. The molecule has 1 N–H and O–H groups in total. The molecule has 1 aromatic heterocycles. The van der Waals surface area contributed by atoms with Crippen molar-refractivity contribution in [1.29, 1.82) is 0 Å². The average molecular weight is 298 g/mol. The van der Waals surface area contributed by atoms with Crippen LogP contribution in [-0.4, -0.2) is 15.2 Å². The first-order chi connectivity index (χ1) is 9.65. The van der Waals surface area contributed by atoms with Gasteiger partial charge in [-0.3, -0.25) is 5.10 Å². The molecule has 0 amide bonds. The standard InChI is InChI=1S/C14H14ClF2N3/c15-10-7-11(16)9(6-12(10)17)14-18-13(19-20-14)8-4-2-1-3-5-8/h6-8H,1-5H2,(H,18,19,20).